The first-order chi connectivity index (χ1) is 9.13. The molecule has 0 aliphatic rings. The van der Waals surface area contributed by atoms with Crippen molar-refractivity contribution in [2.24, 2.45) is 0 Å². The molecule has 1 atom stereocenters. The first kappa shape index (κ1) is 13.7. The van der Waals surface area contributed by atoms with Gasteiger partial charge >= 0.3 is 0 Å². The van der Waals surface area contributed by atoms with Crippen LogP contribution in [0.2, 0.25) is 0 Å². The average molecular weight is 265 g/mol. The number of hydrogen-bond acceptors (Lipinski definition) is 2. The molecule has 0 bridgehead atoms. The highest BCUT2D eigenvalue weighted by molar-refractivity contribution is 5.33. The topological polar surface area (TPSA) is 25.2 Å². The lowest BCUT2D eigenvalue weighted by Gasteiger charge is -2.18. The second kappa shape index (κ2) is 5.97. The van der Waals surface area contributed by atoms with E-state index in [4.69, 9.17) is 4.42 Å². The van der Waals surface area contributed by atoms with Crippen LogP contribution in [0, 0.1) is 18.6 Å². The molecule has 0 aliphatic heterocycles. The van der Waals surface area contributed by atoms with Crippen LogP contribution in [-0.4, -0.2) is 6.54 Å². The molecule has 1 unspecified atom stereocenters. The van der Waals surface area contributed by atoms with Gasteiger partial charge in [-0.05, 0) is 38.1 Å². The minimum absolute atomic E-state index is 0.0387. The number of benzene rings is 1. The minimum atomic E-state index is -0.549. The molecule has 0 saturated carbocycles. The van der Waals surface area contributed by atoms with Crippen molar-refractivity contribution < 1.29 is 13.2 Å². The molecule has 0 aliphatic carbocycles. The summed E-state index contributed by atoms with van der Waals surface area (Å²) in [6.07, 6.45) is 2.41. The van der Waals surface area contributed by atoms with Crippen molar-refractivity contribution in [1.29, 1.82) is 0 Å². The van der Waals surface area contributed by atoms with Crippen LogP contribution in [0.25, 0.3) is 0 Å². The Morgan fingerprint density at radius 1 is 1.26 bits per heavy atom. The van der Waals surface area contributed by atoms with Crippen LogP contribution in [0.5, 0.6) is 0 Å². The number of halogens is 2. The first-order valence-corrected chi connectivity index (χ1v) is 6.35. The zero-order valence-electron chi connectivity index (χ0n) is 11.0. The van der Waals surface area contributed by atoms with Crippen LogP contribution in [0.15, 0.2) is 34.9 Å². The van der Waals surface area contributed by atoms with Gasteiger partial charge in [0.05, 0.1) is 12.3 Å². The minimum Gasteiger partial charge on any atom is -0.469 e. The van der Waals surface area contributed by atoms with Gasteiger partial charge in [0.1, 0.15) is 17.4 Å². The Morgan fingerprint density at radius 2 is 1.95 bits per heavy atom. The summed E-state index contributed by atoms with van der Waals surface area (Å²) in [5.74, 6) is -0.380. The van der Waals surface area contributed by atoms with Crippen LogP contribution < -0.4 is 5.32 Å². The number of furan rings is 1. The van der Waals surface area contributed by atoms with Crippen molar-refractivity contribution in [3.05, 3.63) is 59.1 Å². The summed E-state index contributed by atoms with van der Waals surface area (Å²) < 4.78 is 33.1. The molecule has 1 N–H and O–H groups in total. The fourth-order valence-electron chi connectivity index (χ4n) is 2.08. The van der Waals surface area contributed by atoms with Gasteiger partial charge in [0.25, 0.3) is 0 Å². The molecule has 2 aromatic rings. The highest BCUT2D eigenvalue weighted by Gasteiger charge is 2.22. The summed E-state index contributed by atoms with van der Waals surface area (Å²) in [6, 6.07) is 5.17. The van der Waals surface area contributed by atoms with Gasteiger partial charge in [-0.2, -0.15) is 0 Å². The van der Waals surface area contributed by atoms with Crippen molar-refractivity contribution >= 4 is 0 Å². The maximum atomic E-state index is 13.9. The summed E-state index contributed by atoms with van der Waals surface area (Å²) in [6.45, 7) is 4.48. The standard InChI is InChI=1S/C15H17F2NO/c1-3-7-18-15(11-8-10(2)19-9-11)14-12(16)5-4-6-13(14)17/h4-6,8-9,15,18H,3,7H2,1-2H3. The second-order valence-corrected chi connectivity index (χ2v) is 4.51. The Labute approximate surface area is 111 Å². The normalized spacial score (nSPS) is 12.6. The van der Waals surface area contributed by atoms with Gasteiger partial charge in [0, 0.05) is 11.1 Å². The summed E-state index contributed by atoms with van der Waals surface area (Å²) in [5, 5.41) is 3.16. The molecule has 102 valence electrons. The molecule has 1 aromatic carbocycles. The van der Waals surface area contributed by atoms with E-state index in [1.165, 1.54) is 24.5 Å². The highest BCUT2D eigenvalue weighted by Crippen LogP contribution is 2.28. The number of aryl methyl sites for hydroxylation is 1. The van der Waals surface area contributed by atoms with Gasteiger partial charge in [-0.25, -0.2) is 8.78 Å². The number of rotatable bonds is 5. The van der Waals surface area contributed by atoms with E-state index in [0.717, 1.165) is 17.7 Å². The monoisotopic (exact) mass is 265 g/mol. The van der Waals surface area contributed by atoms with Gasteiger partial charge in [-0.3, -0.25) is 0 Å². The van der Waals surface area contributed by atoms with Gasteiger partial charge in [0.2, 0.25) is 0 Å². The molecule has 4 heteroatoms. The molecule has 2 nitrogen and oxygen atoms in total. The predicted molar refractivity (Wildman–Crippen MR) is 69.9 cm³/mol. The third-order valence-corrected chi connectivity index (χ3v) is 2.97. The van der Waals surface area contributed by atoms with Crippen molar-refractivity contribution in [2.45, 2.75) is 26.3 Å². The smallest absolute Gasteiger partial charge is 0.131 e. The first-order valence-electron chi connectivity index (χ1n) is 6.35. The third kappa shape index (κ3) is 3.01. The van der Waals surface area contributed by atoms with Crippen LogP contribution in [0.4, 0.5) is 8.78 Å². The maximum Gasteiger partial charge on any atom is 0.131 e. The van der Waals surface area contributed by atoms with Crippen molar-refractivity contribution in [3.8, 4) is 0 Å². The molecule has 0 amide bonds. The van der Waals surface area contributed by atoms with E-state index in [1.54, 1.807) is 13.0 Å². The van der Waals surface area contributed by atoms with Crippen molar-refractivity contribution in [1.82, 2.24) is 5.32 Å². The van der Waals surface area contributed by atoms with Crippen LogP contribution in [0.1, 0.15) is 36.3 Å². The van der Waals surface area contributed by atoms with Crippen LogP contribution >= 0.6 is 0 Å². The van der Waals surface area contributed by atoms with E-state index in [9.17, 15) is 8.78 Å². The SMILES string of the molecule is CCCNC(c1coc(C)c1)c1c(F)cccc1F. The lowest BCUT2D eigenvalue weighted by atomic mass is 9.99. The molecule has 1 aromatic heterocycles. The predicted octanol–water partition coefficient (Wildman–Crippen LogP) is 3.96. The van der Waals surface area contributed by atoms with E-state index < -0.39 is 17.7 Å². The third-order valence-electron chi connectivity index (χ3n) is 2.97. The highest BCUT2D eigenvalue weighted by atomic mass is 19.1. The fourth-order valence-corrected chi connectivity index (χ4v) is 2.08. The second-order valence-electron chi connectivity index (χ2n) is 4.51. The Kier molecular flexibility index (Phi) is 4.32. The van der Waals surface area contributed by atoms with Crippen molar-refractivity contribution in [3.63, 3.8) is 0 Å². The Bertz CT molecular complexity index is 531. The number of hydrogen-bond donors (Lipinski definition) is 1. The molecule has 0 fully saturated rings. The van der Waals surface area contributed by atoms with Gasteiger partial charge in [-0.1, -0.05) is 13.0 Å². The summed E-state index contributed by atoms with van der Waals surface area (Å²) in [4.78, 5) is 0. The molecule has 0 radical (unpaired) electrons. The van der Waals surface area contributed by atoms with E-state index >= 15 is 0 Å². The quantitative estimate of drug-likeness (QED) is 0.885. The Hall–Kier alpha value is -1.68. The molecule has 0 spiro atoms. The summed E-state index contributed by atoms with van der Waals surface area (Å²) >= 11 is 0. The molecular formula is C15H17F2NO. The van der Waals surface area contributed by atoms with E-state index in [-0.39, 0.29) is 5.56 Å². The van der Waals surface area contributed by atoms with E-state index in [0.29, 0.717) is 6.54 Å². The summed E-state index contributed by atoms with van der Waals surface area (Å²) in [5.41, 5.74) is 0.770. The zero-order chi connectivity index (χ0) is 13.8. The Morgan fingerprint density at radius 3 is 2.47 bits per heavy atom. The molecule has 2 rings (SSSR count). The van der Waals surface area contributed by atoms with Gasteiger partial charge in [0.15, 0.2) is 0 Å². The molecule has 1 heterocycles. The lowest BCUT2D eigenvalue weighted by molar-refractivity contribution is 0.494. The van der Waals surface area contributed by atoms with E-state index in [2.05, 4.69) is 5.32 Å². The fraction of sp³-hybridized carbons (Fsp3) is 0.333. The van der Waals surface area contributed by atoms with Crippen molar-refractivity contribution in [2.75, 3.05) is 6.54 Å². The maximum absolute atomic E-state index is 13.9. The lowest BCUT2D eigenvalue weighted by Crippen LogP contribution is -2.24. The average Bonchev–Trinajstić information content (AvgIpc) is 2.79. The van der Waals surface area contributed by atoms with Gasteiger partial charge in [-0.15, -0.1) is 0 Å². The van der Waals surface area contributed by atoms with E-state index in [1.807, 2.05) is 6.92 Å². The largest absolute Gasteiger partial charge is 0.469 e. The zero-order valence-corrected chi connectivity index (χ0v) is 11.0. The summed E-state index contributed by atoms with van der Waals surface area (Å²) in [7, 11) is 0. The van der Waals surface area contributed by atoms with Crippen LogP contribution in [0.3, 0.4) is 0 Å². The molecular weight excluding hydrogens is 248 g/mol. The Balaban J connectivity index is 2.42. The van der Waals surface area contributed by atoms with Crippen LogP contribution in [-0.2, 0) is 0 Å². The number of nitrogens with one attached hydrogen (secondary N) is 1. The molecule has 0 saturated heterocycles. The molecule has 19 heavy (non-hydrogen) atoms. The van der Waals surface area contributed by atoms with Gasteiger partial charge < -0.3 is 9.73 Å².